The van der Waals surface area contributed by atoms with Crippen LogP contribution in [0.2, 0.25) is 0 Å². The Morgan fingerprint density at radius 1 is 1.50 bits per heavy atom. The summed E-state index contributed by atoms with van der Waals surface area (Å²) >= 11 is 0. The van der Waals surface area contributed by atoms with Crippen molar-refractivity contribution in [3.8, 4) is 0 Å². The first-order chi connectivity index (χ1) is 4.50. The van der Waals surface area contributed by atoms with Crippen molar-refractivity contribution >= 4 is 0 Å². The summed E-state index contributed by atoms with van der Waals surface area (Å²) < 4.78 is 12.6. The van der Waals surface area contributed by atoms with Crippen LogP contribution in [0.25, 0.3) is 0 Å². The van der Waals surface area contributed by atoms with E-state index in [9.17, 15) is 4.39 Å². The molecule has 10 heavy (non-hydrogen) atoms. The fourth-order valence-electron chi connectivity index (χ4n) is 1.30. The minimum absolute atomic E-state index is 0.181. The highest BCUT2D eigenvalue weighted by atomic mass is 19.1. The van der Waals surface area contributed by atoms with Crippen LogP contribution in [0.4, 0.5) is 4.39 Å². The lowest BCUT2D eigenvalue weighted by molar-refractivity contribution is 0.394. The summed E-state index contributed by atoms with van der Waals surface area (Å²) in [6, 6.07) is 0. The van der Waals surface area contributed by atoms with E-state index in [-0.39, 0.29) is 5.41 Å². The molecule has 0 fully saturated rings. The van der Waals surface area contributed by atoms with E-state index in [1.807, 2.05) is 0 Å². The molecular formula is C9H15F. The van der Waals surface area contributed by atoms with Gasteiger partial charge in [-0.1, -0.05) is 32.4 Å². The van der Waals surface area contributed by atoms with Gasteiger partial charge in [-0.15, -0.1) is 0 Å². The van der Waals surface area contributed by atoms with E-state index in [1.54, 1.807) is 6.08 Å². The quantitative estimate of drug-likeness (QED) is 0.456. The van der Waals surface area contributed by atoms with Gasteiger partial charge in [0.25, 0.3) is 0 Å². The van der Waals surface area contributed by atoms with E-state index in [0.717, 1.165) is 6.42 Å². The molecular weight excluding hydrogens is 127 g/mol. The van der Waals surface area contributed by atoms with Crippen LogP contribution in [0.15, 0.2) is 11.6 Å². The number of alkyl halides is 1. The Balaban J connectivity index is 2.67. The van der Waals surface area contributed by atoms with Crippen molar-refractivity contribution in [3.05, 3.63) is 11.6 Å². The van der Waals surface area contributed by atoms with Crippen LogP contribution in [0.3, 0.4) is 0 Å². The SMILES string of the molecule is CC(C)(C)C1=CC(F)CC1. The number of hydrogen-bond acceptors (Lipinski definition) is 0. The maximum atomic E-state index is 12.6. The third-order valence-electron chi connectivity index (χ3n) is 2.03. The first kappa shape index (κ1) is 7.77. The molecule has 1 rings (SSSR count). The molecule has 1 unspecified atom stereocenters. The zero-order chi connectivity index (χ0) is 7.78. The van der Waals surface area contributed by atoms with Gasteiger partial charge < -0.3 is 0 Å². The van der Waals surface area contributed by atoms with Crippen molar-refractivity contribution in [1.82, 2.24) is 0 Å². The summed E-state index contributed by atoms with van der Waals surface area (Å²) in [5.74, 6) is 0. The predicted molar refractivity (Wildman–Crippen MR) is 41.7 cm³/mol. The smallest absolute Gasteiger partial charge is 0.119 e. The Bertz CT molecular complexity index is 151. The highest BCUT2D eigenvalue weighted by Gasteiger charge is 2.23. The van der Waals surface area contributed by atoms with Crippen LogP contribution in [0, 0.1) is 5.41 Å². The third kappa shape index (κ3) is 1.59. The Labute approximate surface area is 62.1 Å². The first-order valence-electron chi connectivity index (χ1n) is 3.85. The average molecular weight is 142 g/mol. The van der Waals surface area contributed by atoms with E-state index in [2.05, 4.69) is 20.8 Å². The van der Waals surface area contributed by atoms with Crippen molar-refractivity contribution in [1.29, 1.82) is 0 Å². The van der Waals surface area contributed by atoms with E-state index >= 15 is 0 Å². The van der Waals surface area contributed by atoms with Gasteiger partial charge >= 0.3 is 0 Å². The highest BCUT2D eigenvalue weighted by molar-refractivity contribution is 5.18. The van der Waals surface area contributed by atoms with Gasteiger partial charge in [0.2, 0.25) is 0 Å². The summed E-state index contributed by atoms with van der Waals surface area (Å²) in [5.41, 5.74) is 1.46. The summed E-state index contributed by atoms with van der Waals surface area (Å²) in [6.45, 7) is 6.41. The van der Waals surface area contributed by atoms with E-state index in [0.29, 0.717) is 6.42 Å². The Hall–Kier alpha value is -0.330. The van der Waals surface area contributed by atoms with Crippen LogP contribution < -0.4 is 0 Å². The van der Waals surface area contributed by atoms with Crippen molar-refractivity contribution < 1.29 is 4.39 Å². The molecule has 0 amide bonds. The molecule has 0 N–H and O–H groups in total. The van der Waals surface area contributed by atoms with Crippen molar-refractivity contribution in [2.24, 2.45) is 5.41 Å². The topological polar surface area (TPSA) is 0 Å². The summed E-state index contributed by atoms with van der Waals surface area (Å²) in [6.07, 6.45) is 2.76. The van der Waals surface area contributed by atoms with Gasteiger partial charge in [-0.3, -0.25) is 0 Å². The van der Waals surface area contributed by atoms with Crippen molar-refractivity contribution in [2.75, 3.05) is 0 Å². The Morgan fingerprint density at radius 3 is 2.30 bits per heavy atom. The van der Waals surface area contributed by atoms with E-state index < -0.39 is 6.17 Å². The maximum Gasteiger partial charge on any atom is 0.119 e. The minimum atomic E-state index is -0.672. The Morgan fingerprint density at radius 2 is 2.10 bits per heavy atom. The molecule has 0 aromatic carbocycles. The fourth-order valence-corrected chi connectivity index (χ4v) is 1.30. The van der Waals surface area contributed by atoms with Gasteiger partial charge in [0.1, 0.15) is 6.17 Å². The molecule has 0 aromatic heterocycles. The van der Waals surface area contributed by atoms with E-state index in [1.165, 1.54) is 5.57 Å². The van der Waals surface area contributed by atoms with Gasteiger partial charge in [0.15, 0.2) is 0 Å². The molecule has 1 aliphatic rings. The normalized spacial score (nSPS) is 26.8. The standard InChI is InChI=1S/C9H15F/c1-9(2,3)7-4-5-8(10)6-7/h6,8H,4-5H2,1-3H3. The molecule has 0 aromatic rings. The fraction of sp³-hybridized carbons (Fsp3) is 0.778. The lowest BCUT2D eigenvalue weighted by Gasteiger charge is -2.19. The van der Waals surface area contributed by atoms with Crippen molar-refractivity contribution in [3.63, 3.8) is 0 Å². The van der Waals surface area contributed by atoms with Gasteiger partial charge in [0.05, 0.1) is 0 Å². The molecule has 0 bridgehead atoms. The second-order valence-corrected chi connectivity index (χ2v) is 4.00. The molecule has 0 spiro atoms. The van der Waals surface area contributed by atoms with Gasteiger partial charge in [-0.05, 0) is 18.3 Å². The van der Waals surface area contributed by atoms with E-state index in [4.69, 9.17) is 0 Å². The zero-order valence-electron chi connectivity index (χ0n) is 6.95. The molecule has 0 aliphatic heterocycles. The van der Waals surface area contributed by atoms with Crippen LogP contribution in [-0.4, -0.2) is 6.17 Å². The maximum absolute atomic E-state index is 12.6. The zero-order valence-corrected chi connectivity index (χ0v) is 6.95. The van der Waals surface area contributed by atoms with Crippen LogP contribution in [0.1, 0.15) is 33.6 Å². The second kappa shape index (κ2) is 2.37. The van der Waals surface area contributed by atoms with Gasteiger partial charge in [-0.25, -0.2) is 4.39 Å². The van der Waals surface area contributed by atoms with Gasteiger partial charge in [-0.2, -0.15) is 0 Å². The monoisotopic (exact) mass is 142 g/mol. The first-order valence-corrected chi connectivity index (χ1v) is 3.85. The third-order valence-corrected chi connectivity index (χ3v) is 2.03. The number of allylic oxidation sites excluding steroid dienone is 2. The summed E-state index contributed by atoms with van der Waals surface area (Å²) in [5, 5.41) is 0. The molecule has 0 saturated carbocycles. The lowest BCUT2D eigenvalue weighted by Crippen LogP contribution is -2.06. The van der Waals surface area contributed by atoms with Crippen molar-refractivity contribution in [2.45, 2.75) is 39.8 Å². The molecule has 1 heteroatoms. The molecule has 0 radical (unpaired) electrons. The van der Waals surface area contributed by atoms with Crippen LogP contribution >= 0.6 is 0 Å². The minimum Gasteiger partial charge on any atom is -0.243 e. The van der Waals surface area contributed by atoms with Gasteiger partial charge in [0, 0.05) is 0 Å². The van der Waals surface area contributed by atoms with Crippen LogP contribution in [-0.2, 0) is 0 Å². The number of rotatable bonds is 0. The molecule has 0 nitrogen and oxygen atoms in total. The lowest BCUT2D eigenvalue weighted by atomic mass is 9.86. The molecule has 0 saturated heterocycles. The van der Waals surface area contributed by atoms with Crippen LogP contribution in [0.5, 0.6) is 0 Å². The second-order valence-electron chi connectivity index (χ2n) is 4.00. The highest BCUT2D eigenvalue weighted by Crippen LogP contribution is 2.34. The predicted octanol–water partition coefficient (Wildman–Crippen LogP) is 3.09. The molecule has 1 aliphatic carbocycles. The molecule has 58 valence electrons. The largest absolute Gasteiger partial charge is 0.243 e. The Kier molecular flexibility index (Phi) is 1.84. The number of halogens is 1. The molecule has 0 heterocycles. The molecule has 1 atom stereocenters. The number of hydrogen-bond donors (Lipinski definition) is 0. The summed E-state index contributed by atoms with van der Waals surface area (Å²) in [4.78, 5) is 0. The summed E-state index contributed by atoms with van der Waals surface area (Å²) in [7, 11) is 0. The average Bonchev–Trinajstić information content (AvgIpc) is 2.11.